The van der Waals surface area contributed by atoms with E-state index in [1.54, 1.807) is 62.0 Å². The van der Waals surface area contributed by atoms with Crippen LogP contribution in [0, 0.1) is 0 Å². The number of rotatable bonds is 6. The van der Waals surface area contributed by atoms with Gasteiger partial charge in [0.2, 0.25) is 5.89 Å². The van der Waals surface area contributed by atoms with E-state index in [1.807, 2.05) is 18.2 Å². The normalized spacial score (nSPS) is 11.6. The molecule has 0 aliphatic rings. The topological polar surface area (TPSA) is 108 Å². The molecule has 0 radical (unpaired) electrons. The minimum absolute atomic E-state index is 0.0322. The number of carbonyl (C=O) groups excluding carboxylic acids is 1. The second-order valence-electron chi connectivity index (χ2n) is 8.45. The molecule has 1 amide bonds. The Bertz CT molecular complexity index is 1280. The number of anilines is 1. The summed E-state index contributed by atoms with van der Waals surface area (Å²) in [5, 5.41) is 18.1. The molecule has 0 saturated heterocycles. The van der Waals surface area contributed by atoms with Crippen LogP contribution in [0.25, 0.3) is 22.7 Å². The van der Waals surface area contributed by atoms with E-state index in [0.717, 1.165) is 11.1 Å². The molecule has 0 aliphatic carbocycles. The molecule has 176 valence electrons. The molecule has 4 aromatic rings. The largest absolute Gasteiger partial charge is 0.444 e. The van der Waals surface area contributed by atoms with Crippen LogP contribution in [0.4, 0.5) is 19.3 Å². The van der Waals surface area contributed by atoms with Crippen molar-refractivity contribution in [1.82, 2.24) is 25.2 Å². The highest BCUT2D eigenvalue weighted by Gasteiger charge is 2.18. The molecule has 11 heteroatoms. The van der Waals surface area contributed by atoms with Crippen molar-refractivity contribution in [3.63, 3.8) is 0 Å². The summed E-state index contributed by atoms with van der Waals surface area (Å²) in [4.78, 5) is 12.0. The molecular formula is C23H22F2N6O3. The molecule has 0 atom stereocenters. The molecule has 2 aromatic heterocycles. The molecule has 0 fully saturated rings. The Balaban J connectivity index is 1.42. The summed E-state index contributed by atoms with van der Waals surface area (Å²) >= 11 is 0. The van der Waals surface area contributed by atoms with Crippen molar-refractivity contribution >= 4 is 11.8 Å². The maximum atomic E-state index is 12.6. The van der Waals surface area contributed by atoms with Crippen LogP contribution >= 0.6 is 0 Å². The molecule has 9 nitrogen and oxygen atoms in total. The number of carbonyl (C=O) groups is 1. The summed E-state index contributed by atoms with van der Waals surface area (Å²) < 4.78 is 37.2. The van der Waals surface area contributed by atoms with E-state index in [9.17, 15) is 13.6 Å². The van der Waals surface area contributed by atoms with Crippen LogP contribution in [0.3, 0.4) is 0 Å². The summed E-state index contributed by atoms with van der Waals surface area (Å²) in [6, 6.07) is 14.3. The first-order valence-electron chi connectivity index (χ1n) is 10.4. The number of ether oxygens (including phenoxy) is 1. The number of nitrogens with zero attached hydrogens (tertiary/aromatic N) is 5. The molecular weight excluding hydrogens is 446 g/mol. The first-order valence-corrected chi connectivity index (χ1v) is 10.4. The summed E-state index contributed by atoms with van der Waals surface area (Å²) in [5.74, 6) is -0.677. The Labute approximate surface area is 193 Å². The molecule has 2 aromatic carbocycles. The molecule has 0 spiro atoms. The van der Waals surface area contributed by atoms with E-state index in [1.165, 1.54) is 0 Å². The van der Waals surface area contributed by atoms with E-state index in [4.69, 9.17) is 9.15 Å². The van der Waals surface area contributed by atoms with Gasteiger partial charge in [-0.2, -0.15) is 8.78 Å². The number of hydrogen-bond acceptors (Lipinski definition) is 7. The monoisotopic (exact) mass is 468 g/mol. The van der Waals surface area contributed by atoms with Crippen molar-refractivity contribution in [1.29, 1.82) is 0 Å². The third kappa shape index (κ3) is 5.80. The number of benzene rings is 2. The lowest BCUT2D eigenvalue weighted by Gasteiger charge is -2.19. The zero-order valence-electron chi connectivity index (χ0n) is 18.7. The van der Waals surface area contributed by atoms with Gasteiger partial charge in [-0.3, -0.25) is 5.32 Å². The fourth-order valence-corrected chi connectivity index (χ4v) is 3.06. The quantitative estimate of drug-likeness (QED) is 0.408. The highest BCUT2D eigenvalue weighted by Crippen LogP contribution is 2.24. The van der Waals surface area contributed by atoms with Crippen LogP contribution in [0.2, 0.25) is 0 Å². The van der Waals surface area contributed by atoms with Gasteiger partial charge in [-0.25, -0.2) is 9.48 Å². The van der Waals surface area contributed by atoms with Gasteiger partial charge in [-0.05, 0) is 50.6 Å². The van der Waals surface area contributed by atoms with Crippen molar-refractivity contribution < 1.29 is 22.7 Å². The van der Waals surface area contributed by atoms with Crippen molar-refractivity contribution in [2.45, 2.75) is 39.3 Å². The number of halogens is 2. The number of alkyl halides is 2. The molecule has 0 bridgehead atoms. The minimum atomic E-state index is -2.81. The first-order chi connectivity index (χ1) is 16.2. The summed E-state index contributed by atoms with van der Waals surface area (Å²) in [6.45, 7) is 5.82. The van der Waals surface area contributed by atoms with Crippen LogP contribution in [-0.2, 0) is 11.3 Å². The van der Waals surface area contributed by atoms with Gasteiger partial charge in [0.15, 0.2) is 0 Å². The zero-order valence-corrected chi connectivity index (χ0v) is 18.7. The second kappa shape index (κ2) is 9.38. The average Bonchev–Trinajstić information content (AvgIpc) is 3.43. The number of nitrogens with one attached hydrogen (secondary N) is 1. The molecule has 2 heterocycles. The molecule has 4 rings (SSSR count). The number of aromatic nitrogens is 5. The Morgan fingerprint density at radius 2 is 1.85 bits per heavy atom. The number of hydrogen-bond donors (Lipinski definition) is 1. The van der Waals surface area contributed by atoms with Crippen molar-refractivity contribution in [3.05, 3.63) is 66.2 Å². The standard InChI is InChI=1S/C23H22F2N6O3/c1-23(2,3)34-22(32)26-17-6-4-5-16(11-17)18-13-31(30-27-18)12-14-7-9-15(10-8-14)20-28-29-21(33-20)19(24)25/h4-11,13,19H,12H2,1-3H3,(H,26,32). The van der Waals surface area contributed by atoms with E-state index < -0.39 is 24.0 Å². The third-order valence-corrected chi connectivity index (χ3v) is 4.52. The smallest absolute Gasteiger partial charge is 0.412 e. The zero-order chi connectivity index (χ0) is 24.3. The van der Waals surface area contributed by atoms with Gasteiger partial charge >= 0.3 is 12.5 Å². The Morgan fingerprint density at radius 3 is 2.53 bits per heavy atom. The van der Waals surface area contributed by atoms with Crippen molar-refractivity contribution in [2.75, 3.05) is 5.32 Å². The second-order valence-corrected chi connectivity index (χ2v) is 8.45. The average molecular weight is 468 g/mol. The van der Waals surface area contributed by atoms with Crippen LogP contribution < -0.4 is 5.32 Å². The van der Waals surface area contributed by atoms with E-state index in [0.29, 0.717) is 23.5 Å². The van der Waals surface area contributed by atoms with Crippen LogP contribution in [0.1, 0.15) is 38.7 Å². The maximum absolute atomic E-state index is 12.6. The van der Waals surface area contributed by atoms with Gasteiger partial charge in [0.1, 0.15) is 11.3 Å². The highest BCUT2D eigenvalue weighted by atomic mass is 19.3. The van der Waals surface area contributed by atoms with Gasteiger partial charge in [-0.15, -0.1) is 15.3 Å². The van der Waals surface area contributed by atoms with Crippen LogP contribution in [0.15, 0.2) is 59.1 Å². The SMILES string of the molecule is CC(C)(C)OC(=O)Nc1cccc(-c2cn(Cc3ccc(-c4nnc(C(F)F)o4)cc3)nn2)c1. The Kier molecular flexibility index (Phi) is 6.35. The molecule has 34 heavy (non-hydrogen) atoms. The van der Waals surface area contributed by atoms with Gasteiger partial charge in [0.25, 0.3) is 5.89 Å². The van der Waals surface area contributed by atoms with E-state index >= 15 is 0 Å². The van der Waals surface area contributed by atoms with Gasteiger partial charge < -0.3 is 9.15 Å². The fourth-order valence-electron chi connectivity index (χ4n) is 3.06. The molecule has 0 saturated carbocycles. The lowest BCUT2D eigenvalue weighted by molar-refractivity contribution is 0.0636. The Morgan fingerprint density at radius 1 is 1.09 bits per heavy atom. The lowest BCUT2D eigenvalue weighted by Crippen LogP contribution is -2.27. The summed E-state index contributed by atoms with van der Waals surface area (Å²) in [7, 11) is 0. The van der Waals surface area contributed by atoms with Gasteiger partial charge in [0, 0.05) is 16.8 Å². The van der Waals surface area contributed by atoms with Crippen molar-refractivity contribution in [2.24, 2.45) is 0 Å². The fraction of sp³-hybridized carbons (Fsp3) is 0.261. The first kappa shape index (κ1) is 23.0. The minimum Gasteiger partial charge on any atom is -0.444 e. The van der Waals surface area contributed by atoms with Gasteiger partial charge in [0.05, 0.1) is 12.7 Å². The maximum Gasteiger partial charge on any atom is 0.412 e. The Hall–Kier alpha value is -4.15. The molecule has 0 aliphatic heterocycles. The van der Waals surface area contributed by atoms with E-state index in [2.05, 4.69) is 25.8 Å². The lowest BCUT2D eigenvalue weighted by atomic mass is 10.1. The molecule has 1 N–H and O–H groups in total. The van der Waals surface area contributed by atoms with Crippen LogP contribution in [-0.4, -0.2) is 36.9 Å². The van der Waals surface area contributed by atoms with Crippen molar-refractivity contribution in [3.8, 4) is 22.7 Å². The summed E-state index contributed by atoms with van der Waals surface area (Å²) in [6.07, 6.45) is -1.56. The third-order valence-electron chi connectivity index (χ3n) is 4.52. The highest BCUT2D eigenvalue weighted by molar-refractivity contribution is 5.86. The van der Waals surface area contributed by atoms with Crippen LogP contribution in [0.5, 0.6) is 0 Å². The molecule has 0 unspecified atom stereocenters. The van der Waals surface area contributed by atoms with E-state index in [-0.39, 0.29) is 5.89 Å². The van der Waals surface area contributed by atoms with Gasteiger partial charge in [-0.1, -0.05) is 29.5 Å². The predicted molar refractivity (Wildman–Crippen MR) is 119 cm³/mol. The summed E-state index contributed by atoms with van der Waals surface area (Å²) in [5.41, 5.74) is 2.85. The number of amides is 1. The predicted octanol–water partition coefficient (Wildman–Crippen LogP) is 5.33.